The Hall–Kier alpha value is -3.45. The Morgan fingerprint density at radius 2 is 1.82 bits per heavy atom. The first-order valence-corrected chi connectivity index (χ1v) is 13.8. The number of anilines is 1. The fourth-order valence-electron chi connectivity index (χ4n) is 5.77. The first kappa shape index (κ1) is 26.2. The Kier molecular flexibility index (Phi) is 7.65. The lowest BCUT2D eigenvalue weighted by atomic mass is 9.99. The Bertz CT molecular complexity index is 1330. The number of benzene rings is 2. The molecule has 1 fully saturated rings. The van der Waals surface area contributed by atoms with Gasteiger partial charge in [0.25, 0.3) is 11.8 Å². The average molecular weight is 532 g/mol. The third-order valence-electron chi connectivity index (χ3n) is 7.68. The number of halogens is 1. The highest BCUT2D eigenvalue weighted by Gasteiger charge is 2.30. The van der Waals surface area contributed by atoms with Crippen LogP contribution in [-0.2, 0) is 6.42 Å². The van der Waals surface area contributed by atoms with E-state index in [1.54, 1.807) is 18.2 Å². The molecule has 0 saturated carbocycles. The monoisotopic (exact) mass is 531 g/mol. The van der Waals surface area contributed by atoms with Gasteiger partial charge >= 0.3 is 0 Å². The summed E-state index contributed by atoms with van der Waals surface area (Å²) in [5.74, 6) is 1.60. The number of aryl methyl sites for hydroxylation is 3. The van der Waals surface area contributed by atoms with E-state index >= 15 is 0 Å². The van der Waals surface area contributed by atoms with Crippen molar-refractivity contribution in [1.82, 2.24) is 20.2 Å². The van der Waals surface area contributed by atoms with E-state index in [0.29, 0.717) is 22.7 Å². The molecule has 2 heterocycles. The van der Waals surface area contributed by atoms with Gasteiger partial charge in [0.1, 0.15) is 11.6 Å². The van der Waals surface area contributed by atoms with E-state index in [0.717, 1.165) is 61.7 Å². The zero-order valence-corrected chi connectivity index (χ0v) is 23.0. The van der Waals surface area contributed by atoms with Crippen LogP contribution in [0.5, 0.6) is 0 Å². The van der Waals surface area contributed by atoms with Crippen LogP contribution in [0.2, 0.25) is 5.02 Å². The van der Waals surface area contributed by atoms with E-state index in [-0.39, 0.29) is 23.9 Å². The highest BCUT2D eigenvalue weighted by Crippen LogP contribution is 2.33. The minimum absolute atomic E-state index is 0.0468. The van der Waals surface area contributed by atoms with Crippen molar-refractivity contribution in [2.45, 2.75) is 58.5 Å². The number of piperidine rings is 1. The number of carbonyl (C=O) groups is 2. The fourth-order valence-corrected chi connectivity index (χ4v) is 5.99. The molecule has 1 aliphatic carbocycles. The third kappa shape index (κ3) is 5.39. The zero-order chi connectivity index (χ0) is 26.8. The molecule has 0 unspecified atom stereocenters. The summed E-state index contributed by atoms with van der Waals surface area (Å²) in [6.07, 6.45) is 3.46. The van der Waals surface area contributed by atoms with Gasteiger partial charge in [0.05, 0.1) is 16.6 Å². The van der Waals surface area contributed by atoms with Crippen LogP contribution in [0.3, 0.4) is 0 Å². The topological polar surface area (TPSA) is 78.4 Å². The third-order valence-corrected chi connectivity index (χ3v) is 8.01. The summed E-state index contributed by atoms with van der Waals surface area (Å²) < 4.78 is 0. The highest BCUT2D eigenvalue weighted by atomic mass is 35.5. The number of nitrogens with one attached hydrogen (secondary N) is 1. The maximum absolute atomic E-state index is 13.7. The lowest BCUT2D eigenvalue weighted by Crippen LogP contribution is -2.47. The van der Waals surface area contributed by atoms with Gasteiger partial charge in [0.15, 0.2) is 0 Å². The summed E-state index contributed by atoms with van der Waals surface area (Å²) in [4.78, 5) is 39.9. The van der Waals surface area contributed by atoms with Crippen molar-refractivity contribution in [3.05, 3.63) is 87.3 Å². The Morgan fingerprint density at radius 3 is 2.53 bits per heavy atom. The molecule has 1 saturated heterocycles. The second-order valence-electron chi connectivity index (χ2n) is 10.2. The maximum Gasteiger partial charge on any atom is 0.254 e. The predicted molar refractivity (Wildman–Crippen MR) is 150 cm³/mol. The molecule has 0 radical (unpaired) electrons. The lowest BCUT2D eigenvalue weighted by Gasteiger charge is -2.38. The molecular formula is C30H34ClN5O2. The van der Waals surface area contributed by atoms with Crippen molar-refractivity contribution in [2.75, 3.05) is 24.5 Å². The molecule has 3 aromatic rings. The van der Waals surface area contributed by atoms with Crippen LogP contribution in [0, 0.1) is 13.8 Å². The van der Waals surface area contributed by atoms with E-state index in [1.165, 1.54) is 5.56 Å². The van der Waals surface area contributed by atoms with Crippen molar-refractivity contribution >= 4 is 29.2 Å². The minimum atomic E-state index is -0.193. The molecule has 2 aliphatic rings. The molecule has 1 N–H and O–H groups in total. The fraction of sp³-hybridized carbons (Fsp3) is 0.400. The normalized spacial score (nSPS) is 17.3. The highest BCUT2D eigenvalue weighted by molar-refractivity contribution is 6.33. The van der Waals surface area contributed by atoms with Crippen LogP contribution >= 0.6 is 11.6 Å². The number of aromatic nitrogens is 2. The summed E-state index contributed by atoms with van der Waals surface area (Å²) in [5, 5.41) is 3.56. The van der Waals surface area contributed by atoms with Gasteiger partial charge in [-0.2, -0.15) is 0 Å². The van der Waals surface area contributed by atoms with Crippen molar-refractivity contribution in [1.29, 1.82) is 0 Å². The smallest absolute Gasteiger partial charge is 0.254 e. The van der Waals surface area contributed by atoms with E-state index in [2.05, 4.69) is 20.2 Å². The first-order chi connectivity index (χ1) is 18.3. The van der Waals surface area contributed by atoms with Crippen molar-refractivity contribution in [3.8, 4) is 0 Å². The summed E-state index contributed by atoms with van der Waals surface area (Å²) in [6, 6.07) is 15.1. The standard InChI is InChI=1S/C30H34ClN5O2/c1-4-36(23-13-15-35(16-14-23)28-17-19(2)32-20(3)33-28)30(38)22-10-9-21-11-12-27(25(21)18-22)34-29(37)24-7-5-6-8-26(24)31/h5-10,17-18,23,27H,4,11-16H2,1-3H3,(H,34,37)/t27-/m1/s1. The quantitative estimate of drug-likeness (QED) is 0.467. The van der Waals surface area contributed by atoms with Gasteiger partial charge in [0, 0.05) is 43.0 Å². The maximum atomic E-state index is 13.7. The molecule has 1 aromatic heterocycles. The minimum Gasteiger partial charge on any atom is -0.356 e. The van der Waals surface area contributed by atoms with Crippen LogP contribution in [0.1, 0.15) is 75.6 Å². The van der Waals surface area contributed by atoms with Crippen LogP contribution in [0.25, 0.3) is 0 Å². The second kappa shape index (κ2) is 11.1. The zero-order valence-electron chi connectivity index (χ0n) is 22.2. The van der Waals surface area contributed by atoms with Gasteiger partial charge in [-0.3, -0.25) is 9.59 Å². The Morgan fingerprint density at radius 1 is 1.05 bits per heavy atom. The molecule has 198 valence electrons. The number of fused-ring (bicyclic) bond motifs is 1. The molecule has 2 aromatic carbocycles. The number of nitrogens with zero attached hydrogens (tertiary/aromatic N) is 4. The van der Waals surface area contributed by atoms with E-state index < -0.39 is 0 Å². The number of amides is 2. The van der Waals surface area contributed by atoms with Crippen LogP contribution in [0.15, 0.2) is 48.5 Å². The van der Waals surface area contributed by atoms with Crippen molar-refractivity contribution in [3.63, 3.8) is 0 Å². The summed E-state index contributed by atoms with van der Waals surface area (Å²) in [6.45, 7) is 8.31. The summed E-state index contributed by atoms with van der Waals surface area (Å²) in [7, 11) is 0. The molecule has 1 atom stereocenters. The van der Waals surface area contributed by atoms with Crippen LogP contribution in [-0.4, -0.2) is 52.4 Å². The van der Waals surface area contributed by atoms with Gasteiger partial charge in [-0.1, -0.05) is 29.8 Å². The molecule has 2 amide bonds. The predicted octanol–water partition coefficient (Wildman–Crippen LogP) is 5.30. The summed E-state index contributed by atoms with van der Waals surface area (Å²) in [5.41, 5.74) is 4.31. The second-order valence-corrected chi connectivity index (χ2v) is 10.6. The van der Waals surface area contributed by atoms with E-state index in [9.17, 15) is 9.59 Å². The molecule has 0 spiro atoms. The SMILES string of the molecule is CCN(C(=O)c1ccc2c(c1)[C@H](NC(=O)c1ccccc1Cl)CC2)C1CCN(c2cc(C)nc(C)n2)CC1. The molecular weight excluding hydrogens is 498 g/mol. The van der Waals surface area contributed by atoms with E-state index in [4.69, 9.17) is 11.6 Å². The van der Waals surface area contributed by atoms with Crippen LogP contribution < -0.4 is 10.2 Å². The van der Waals surface area contributed by atoms with Crippen LogP contribution in [0.4, 0.5) is 5.82 Å². The lowest BCUT2D eigenvalue weighted by molar-refractivity contribution is 0.0662. The van der Waals surface area contributed by atoms with Gasteiger partial charge in [-0.25, -0.2) is 9.97 Å². The van der Waals surface area contributed by atoms with Gasteiger partial charge in [0.2, 0.25) is 0 Å². The Balaban J connectivity index is 1.27. The van der Waals surface area contributed by atoms with Crippen molar-refractivity contribution in [2.24, 2.45) is 0 Å². The van der Waals surface area contributed by atoms with Gasteiger partial charge in [-0.15, -0.1) is 0 Å². The van der Waals surface area contributed by atoms with Crippen molar-refractivity contribution < 1.29 is 9.59 Å². The average Bonchev–Trinajstić information content (AvgIpc) is 3.31. The molecule has 0 bridgehead atoms. The molecule has 38 heavy (non-hydrogen) atoms. The first-order valence-electron chi connectivity index (χ1n) is 13.4. The molecule has 1 aliphatic heterocycles. The molecule has 8 heteroatoms. The number of rotatable bonds is 6. The number of hydrogen-bond donors (Lipinski definition) is 1. The van der Waals surface area contributed by atoms with E-state index in [1.807, 2.05) is 56.0 Å². The largest absolute Gasteiger partial charge is 0.356 e. The summed E-state index contributed by atoms with van der Waals surface area (Å²) >= 11 is 6.23. The van der Waals surface area contributed by atoms with Gasteiger partial charge in [-0.05, 0) is 81.8 Å². The Labute approximate surface area is 229 Å². The molecule has 7 nitrogen and oxygen atoms in total. The molecule has 5 rings (SSSR count). The number of hydrogen-bond acceptors (Lipinski definition) is 5. The number of carbonyl (C=O) groups excluding carboxylic acids is 2. The van der Waals surface area contributed by atoms with Gasteiger partial charge < -0.3 is 15.1 Å².